The van der Waals surface area contributed by atoms with E-state index in [0.29, 0.717) is 0 Å². The summed E-state index contributed by atoms with van der Waals surface area (Å²) in [7, 11) is 0. The number of carbonyl (C=O) groups excluding carboxylic acids is 2. The summed E-state index contributed by atoms with van der Waals surface area (Å²) in [4.78, 5) is 23.5. The highest BCUT2D eigenvalue weighted by Crippen LogP contribution is 2.44. The zero-order valence-corrected chi connectivity index (χ0v) is 13.7. The molecule has 0 aromatic rings. The highest BCUT2D eigenvalue weighted by Gasteiger charge is 2.40. The molecule has 1 aliphatic rings. The van der Waals surface area contributed by atoms with Gasteiger partial charge in [0.2, 0.25) is 0 Å². The monoisotopic (exact) mass is 280 g/mol. The molecule has 1 rings (SSSR count). The zero-order chi connectivity index (χ0) is 15.6. The van der Waals surface area contributed by atoms with E-state index in [4.69, 9.17) is 4.74 Å². The van der Waals surface area contributed by atoms with E-state index in [-0.39, 0.29) is 23.2 Å². The molecule has 3 nitrogen and oxygen atoms in total. The van der Waals surface area contributed by atoms with Crippen molar-refractivity contribution in [3.63, 3.8) is 0 Å². The maximum absolute atomic E-state index is 12.0. The Hall–Kier alpha value is -1.12. The average Bonchev–Trinajstić information content (AvgIpc) is 2.34. The van der Waals surface area contributed by atoms with E-state index < -0.39 is 5.41 Å². The second-order valence-electron chi connectivity index (χ2n) is 7.33. The van der Waals surface area contributed by atoms with Crippen LogP contribution in [0.4, 0.5) is 0 Å². The van der Waals surface area contributed by atoms with Gasteiger partial charge in [0.15, 0.2) is 0 Å². The van der Waals surface area contributed by atoms with Crippen molar-refractivity contribution in [1.29, 1.82) is 0 Å². The van der Waals surface area contributed by atoms with Gasteiger partial charge in [0, 0.05) is 11.3 Å². The topological polar surface area (TPSA) is 43.4 Å². The van der Waals surface area contributed by atoms with Crippen LogP contribution in [0.2, 0.25) is 0 Å². The van der Waals surface area contributed by atoms with Crippen LogP contribution in [0.3, 0.4) is 0 Å². The molecule has 0 bridgehead atoms. The van der Waals surface area contributed by atoms with Gasteiger partial charge in [-0.15, -0.1) is 0 Å². The molecule has 0 aromatic heterocycles. The van der Waals surface area contributed by atoms with Gasteiger partial charge in [0.05, 0.1) is 5.41 Å². The molecule has 0 unspecified atom stereocenters. The first-order valence-electron chi connectivity index (χ1n) is 7.54. The molecule has 0 radical (unpaired) electrons. The van der Waals surface area contributed by atoms with Crippen LogP contribution in [0.25, 0.3) is 0 Å². The van der Waals surface area contributed by atoms with Gasteiger partial charge in [0.1, 0.15) is 12.0 Å². The van der Waals surface area contributed by atoms with E-state index in [1.54, 1.807) is 0 Å². The molecule has 0 heterocycles. The maximum Gasteiger partial charge on any atom is 0.316 e. The summed E-state index contributed by atoms with van der Waals surface area (Å²) in [6.07, 6.45) is 5.78. The van der Waals surface area contributed by atoms with Gasteiger partial charge >= 0.3 is 5.97 Å². The first kappa shape index (κ1) is 16.9. The van der Waals surface area contributed by atoms with Gasteiger partial charge in [-0.3, -0.25) is 4.79 Å². The van der Waals surface area contributed by atoms with Crippen LogP contribution < -0.4 is 0 Å². The third-order valence-corrected chi connectivity index (χ3v) is 4.14. The minimum atomic E-state index is -0.508. The Kier molecular flexibility index (Phi) is 5.17. The van der Waals surface area contributed by atoms with Crippen LogP contribution in [-0.2, 0) is 14.3 Å². The van der Waals surface area contributed by atoms with Crippen LogP contribution in [-0.4, -0.2) is 12.3 Å². The third-order valence-electron chi connectivity index (χ3n) is 4.14. The molecule has 3 atom stereocenters. The normalized spacial score (nSPS) is 30.6. The zero-order valence-electron chi connectivity index (χ0n) is 13.7. The third kappa shape index (κ3) is 3.71. The first-order valence-corrected chi connectivity index (χ1v) is 7.54. The minimum absolute atomic E-state index is 0.101. The molecule has 0 saturated carbocycles. The summed E-state index contributed by atoms with van der Waals surface area (Å²) in [5.74, 6) is 0.789. The fourth-order valence-electron chi connectivity index (χ4n) is 2.72. The van der Waals surface area contributed by atoms with E-state index in [1.165, 1.54) is 0 Å². The molecule has 0 saturated heterocycles. The number of aldehydes is 1. The Labute approximate surface area is 122 Å². The van der Waals surface area contributed by atoms with Crippen LogP contribution in [0.15, 0.2) is 11.8 Å². The highest BCUT2D eigenvalue weighted by atomic mass is 16.5. The average molecular weight is 280 g/mol. The van der Waals surface area contributed by atoms with E-state index in [9.17, 15) is 9.59 Å². The molecule has 1 aliphatic carbocycles. The van der Waals surface area contributed by atoms with Crippen LogP contribution >= 0.6 is 0 Å². The van der Waals surface area contributed by atoms with Crippen LogP contribution in [0.1, 0.15) is 60.8 Å². The molecule has 0 aliphatic heterocycles. The number of rotatable bonds is 4. The number of allylic oxidation sites excluding steroid dienone is 2. The Balaban J connectivity index is 2.99. The first-order chi connectivity index (χ1) is 9.14. The van der Waals surface area contributed by atoms with Crippen molar-refractivity contribution in [1.82, 2.24) is 0 Å². The second-order valence-corrected chi connectivity index (χ2v) is 7.33. The number of hydrogen-bond donors (Lipinski definition) is 0. The predicted molar refractivity (Wildman–Crippen MR) is 80.0 cm³/mol. The molecule has 0 amide bonds. The van der Waals surface area contributed by atoms with Crippen molar-refractivity contribution in [3.8, 4) is 0 Å². The number of carbonyl (C=O) groups is 2. The summed E-state index contributed by atoms with van der Waals surface area (Å²) in [6.45, 7) is 11.7. The van der Waals surface area contributed by atoms with Crippen molar-refractivity contribution in [2.24, 2.45) is 22.7 Å². The smallest absolute Gasteiger partial charge is 0.316 e. The predicted octanol–water partition coefficient (Wildman–Crippen LogP) is 4.12. The molecular weight excluding hydrogens is 252 g/mol. The number of ether oxygens (including phenoxy) is 1. The quantitative estimate of drug-likeness (QED) is 0.574. The largest absolute Gasteiger partial charge is 0.431 e. The summed E-state index contributed by atoms with van der Waals surface area (Å²) in [5.41, 5.74) is -0.848. The SMILES string of the molecule is CCC[C@H]1C=C(OC(=O)C(C)(C)C)[C@@H](C)C[C@@]1(C)C=O. The van der Waals surface area contributed by atoms with Crippen molar-refractivity contribution in [2.75, 3.05) is 0 Å². The van der Waals surface area contributed by atoms with E-state index in [2.05, 4.69) is 6.92 Å². The van der Waals surface area contributed by atoms with Gasteiger partial charge in [-0.2, -0.15) is 0 Å². The van der Waals surface area contributed by atoms with Gasteiger partial charge < -0.3 is 9.53 Å². The van der Waals surface area contributed by atoms with Crippen LogP contribution in [0.5, 0.6) is 0 Å². The lowest BCUT2D eigenvalue weighted by Gasteiger charge is -2.38. The van der Waals surface area contributed by atoms with Crippen molar-refractivity contribution in [2.45, 2.75) is 60.8 Å². The summed E-state index contributed by atoms with van der Waals surface area (Å²) < 4.78 is 5.59. The summed E-state index contributed by atoms with van der Waals surface area (Å²) >= 11 is 0. The lowest BCUT2D eigenvalue weighted by Crippen LogP contribution is -2.36. The van der Waals surface area contributed by atoms with Crippen LogP contribution in [0, 0.1) is 22.7 Å². The molecule has 114 valence electrons. The van der Waals surface area contributed by atoms with E-state index in [1.807, 2.05) is 40.7 Å². The Morgan fingerprint density at radius 1 is 1.50 bits per heavy atom. The fourth-order valence-corrected chi connectivity index (χ4v) is 2.72. The summed E-state index contributed by atoms with van der Waals surface area (Å²) in [5, 5.41) is 0. The number of hydrogen-bond acceptors (Lipinski definition) is 3. The number of esters is 1. The molecular formula is C17H28O3. The summed E-state index contributed by atoms with van der Waals surface area (Å²) in [6, 6.07) is 0. The molecule has 0 N–H and O–H groups in total. The van der Waals surface area contributed by atoms with Gasteiger partial charge in [-0.1, -0.05) is 27.2 Å². The minimum Gasteiger partial charge on any atom is -0.431 e. The second kappa shape index (κ2) is 6.11. The van der Waals surface area contributed by atoms with Gasteiger partial charge in [-0.05, 0) is 45.6 Å². The van der Waals surface area contributed by atoms with Crippen molar-refractivity contribution in [3.05, 3.63) is 11.8 Å². The highest BCUT2D eigenvalue weighted by molar-refractivity contribution is 5.76. The standard InChI is InChI=1S/C17H28O3/c1-7-8-13-9-14(20-15(19)16(3,4)5)12(2)10-17(13,6)11-18/h9,11-13H,7-8,10H2,1-6H3/t12-,13-,17-/m0/s1. The Bertz CT molecular complexity index is 403. The van der Waals surface area contributed by atoms with E-state index in [0.717, 1.165) is 31.3 Å². The molecule has 0 aromatic carbocycles. The molecule has 20 heavy (non-hydrogen) atoms. The maximum atomic E-state index is 12.0. The van der Waals surface area contributed by atoms with Gasteiger partial charge in [-0.25, -0.2) is 0 Å². The van der Waals surface area contributed by atoms with Gasteiger partial charge in [0.25, 0.3) is 0 Å². The Morgan fingerprint density at radius 2 is 2.10 bits per heavy atom. The molecule has 3 heteroatoms. The lowest BCUT2D eigenvalue weighted by molar-refractivity contribution is -0.150. The van der Waals surface area contributed by atoms with Crippen molar-refractivity contribution >= 4 is 12.3 Å². The van der Waals surface area contributed by atoms with Crippen molar-refractivity contribution < 1.29 is 14.3 Å². The molecule has 0 spiro atoms. The fraction of sp³-hybridized carbons (Fsp3) is 0.765. The lowest BCUT2D eigenvalue weighted by atomic mass is 9.66. The molecule has 0 fully saturated rings. The Morgan fingerprint density at radius 3 is 2.55 bits per heavy atom. The van der Waals surface area contributed by atoms with E-state index >= 15 is 0 Å².